The van der Waals surface area contributed by atoms with Gasteiger partial charge in [0.2, 0.25) is 0 Å². The van der Waals surface area contributed by atoms with Gasteiger partial charge in [-0.25, -0.2) is 0 Å². The van der Waals surface area contributed by atoms with Crippen molar-refractivity contribution in [2.24, 2.45) is 0 Å². The standard InChI is InChI=1S/C65H48N2/c1-3-55-57-25-13-15-27-61(57)65(60(55)4-2)62-28-16-14-26-58(62)59-43-42-54(44-63(59)65)66(51-36-30-46(31-37-51)45-18-7-5-8-19-45)52-38-32-47(33-39-52)48-34-40-53(41-35-48)67(50-22-9-6-10-23-50)64-29-17-21-49-20-11-12-24-56(49)64/h3-44H,1-2H3/b55-3-,60-4+. The van der Waals surface area contributed by atoms with Crippen LogP contribution in [0.3, 0.4) is 0 Å². The molecule has 318 valence electrons. The number of benzene rings is 10. The van der Waals surface area contributed by atoms with Gasteiger partial charge in [0.25, 0.3) is 0 Å². The van der Waals surface area contributed by atoms with E-state index in [0.29, 0.717) is 0 Å². The summed E-state index contributed by atoms with van der Waals surface area (Å²) in [4.78, 5) is 4.78. The lowest BCUT2D eigenvalue weighted by molar-refractivity contribution is 0.792. The summed E-state index contributed by atoms with van der Waals surface area (Å²) in [7, 11) is 0. The van der Waals surface area contributed by atoms with Crippen LogP contribution in [0.5, 0.6) is 0 Å². The van der Waals surface area contributed by atoms with Gasteiger partial charge in [-0.1, -0.05) is 188 Å². The molecule has 12 rings (SSSR count). The molecule has 0 N–H and O–H groups in total. The Balaban J connectivity index is 0.963. The van der Waals surface area contributed by atoms with Crippen LogP contribution in [0.15, 0.2) is 260 Å². The molecule has 2 nitrogen and oxygen atoms in total. The van der Waals surface area contributed by atoms with Gasteiger partial charge in [0, 0.05) is 33.8 Å². The Hall–Kier alpha value is -8.46. The first kappa shape index (κ1) is 40.1. The third-order valence-electron chi connectivity index (χ3n) is 14.0. The highest BCUT2D eigenvalue weighted by Crippen LogP contribution is 2.64. The van der Waals surface area contributed by atoms with Crippen molar-refractivity contribution in [2.45, 2.75) is 19.3 Å². The summed E-state index contributed by atoms with van der Waals surface area (Å²) in [6.45, 7) is 4.38. The summed E-state index contributed by atoms with van der Waals surface area (Å²) in [5, 5.41) is 2.44. The summed E-state index contributed by atoms with van der Waals surface area (Å²) in [5.74, 6) is 0. The van der Waals surface area contributed by atoms with E-state index >= 15 is 0 Å². The maximum Gasteiger partial charge on any atom is 0.0723 e. The first-order valence-corrected chi connectivity index (χ1v) is 23.3. The van der Waals surface area contributed by atoms with Gasteiger partial charge in [-0.15, -0.1) is 0 Å². The molecule has 0 heterocycles. The number of rotatable bonds is 8. The molecule has 2 aliphatic rings. The van der Waals surface area contributed by atoms with Gasteiger partial charge in [0.05, 0.1) is 11.1 Å². The van der Waals surface area contributed by atoms with Gasteiger partial charge in [0.15, 0.2) is 0 Å². The molecule has 0 radical (unpaired) electrons. The van der Waals surface area contributed by atoms with Gasteiger partial charge < -0.3 is 9.80 Å². The molecule has 10 aromatic carbocycles. The Bertz CT molecular complexity index is 3510. The largest absolute Gasteiger partial charge is 0.310 e. The van der Waals surface area contributed by atoms with E-state index in [4.69, 9.17) is 0 Å². The van der Waals surface area contributed by atoms with Crippen LogP contribution in [0.25, 0.3) is 49.7 Å². The normalized spacial score (nSPS) is 15.7. The summed E-state index contributed by atoms with van der Waals surface area (Å²) < 4.78 is 0. The van der Waals surface area contributed by atoms with Crippen molar-refractivity contribution in [1.29, 1.82) is 0 Å². The van der Waals surface area contributed by atoms with E-state index in [9.17, 15) is 0 Å². The quantitative estimate of drug-likeness (QED) is 0.150. The highest BCUT2D eigenvalue weighted by Gasteiger charge is 2.53. The molecule has 0 bridgehead atoms. The van der Waals surface area contributed by atoms with Crippen LogP contribution in [0.4, 0.5) is 34.1 Å². The van der Waals surface area contributed by atoms with Gasteiger partial charge >= 0.3 is 0 Å². The van der Waals surface area contributed by atoms with Crippen LogP contribution in [-0.2, 0) is 5.41 Å². The van der Waals surface area contributed by atoms with Crippen molar-refractivity contribution in [2.75, 3.05) is 9.80 Å². The van der Waals surface area contributed by atoms with E-state index in [0.717, 1.165) is 45.3 Å². The van der Waals surface area contributed by atoms with Crippen LogP contribution >= 0.6 is 0 Å². The topological polar surface area (TPSA) is 6.48 Å². The lowest BCUT2D eigenvalue weighted by Gasteiger charge is -2.32. The van der Waals surface area contributed by atoms with Crippen molar-refractivity contribution < 1.29 is 0 Å². The number of nitrogens with zero attached hydrogens (tertiary/aromatic N) is 2. The maximum absolute atomic E-state index is 2.47. The number of anilines is 6. The highest BCUT2D eigenvalue weighted by molar-refractivity contribution is 6.01. The predicted octanol–water partition coefficient (Wildman–Crippen LogP) is 17.8. The van der Waals surface area contributed by atoms with E-state index < -0.39 is 5.41 Å². The smallest absolute Gasteiger partial charge is 0.0723 e. The molecule has 67 heavy (non-hydrogen) atoms. The molecule has 0 fully saturated rings. The highest BCUT2D eigenvalue weighted by atomic mass is 15.1. The molecule has 0 saturated heterocycles. The number of hydrogen-bond donors (Lipinski definition) is 0. The Morgan fingerprint density at radius 1 is 0.328 bits per heavy atom. The first-order chi connectivity index (χ1) is 33.1. The molecule has 2 aliphatic carbocycles. The lowest BCUT2D eigenvalue weighted by Crippen LogP contribution is -2.26. The van der Waals surface area contributed by atoms with E-state index in [1.54, 1.807) is 0 Å². The lowest BCUT2D eigenvalue weighted by atomic mass is 9.70. The van der Waals surface area contributed by atoms with Gasteiger partial charge in [-0.3, -0.25) is 0 Å². The minimum Gasteiger partial charge on any atom is -0.310 e. The fourth-order valence-corrected chi connectivity index (χ4v) is 11.1. The summed E-state index contributed by atoms with van der Waals surface area (Å²) >= 11 is 0. The van der Waals surface area contributed by atoms with E-state index in [1.165, 1.54) is 66.4 Å². The summed E-state index contributed by atoms with van der Waals surface area (Å²) in [5.41, 5.74) is 21.5. The van der Waals surface area contributed by atoms with E-state index in [2.05, 4.69) is 278 Å². The van der Waals surface area contributed by atoms with Crippen molar-refractivity contribution in [1.82, 2.24) is 0 Å². The average molecular weight is 857 g/mol. The molecule has 1 atom stereocenters. The molecule has 1 unspecified atom stereocenters. The average Bonchev–Trinajstić information content (AvgIpc) is 3.86. The number of allylic oxidation sites excluding steroid dienone is 4. The molecular formula is C65H48N2. The second kappa shape index (κ2) is 16.5. The third-order valence-corrected chi connectivity index (χ3v) is 14.0. The Morgan fingerprint density at radius 3 is 1.42 bits per heavy atom. The number of para-hydroxylation sites is 1. The van der Waals surface area contributed by atoms with Gasteiger partial charge in [-0.2, -0.15) is 0 Å². The van der Waals surface area contributed by atoms with Gasteiger partial charge in [-0.05, 0) is 153 Å². The van der Waals surface area contributed by atoms with Crippen molar-refractivity contribution in [3.63, 3.8) is 0 Å². The number of hydrogen-bond acceptors (Lipinski definition) is 2. The fourth-order valence-electron chi connectivity index (χ4n) is 11.1. The zero-order chi connectivity index (χ0) is 44.9. The van der Waals surface area contributed by atoms with Crippen molar-refractivity contribution in [3.8, 4) is 33.4 Å². The molecule has 2 heteroatoms. The van der Waals surface area contributed by atoms with Crippen LogP contribution in [0.1, 0.15) is 36.1 Å². The van der Waals surface area contributed by atoms with E-state index in [-0.39, 0.29) is 0 Å². The second-order valence-corrected chi connectivity index (χ2v) is 17.5. The molecule has 0 aromatic heterocycles. The Labute approximate surface area is 393 Å². The first-order valence-electron chi connectivity index (χ1n) is 23.3. The second-order valence-electron chi connectivity index (χ2n) is 17.5. The van der Waals surface area contributed by atoms with Crippen LogP contribution < -0.4 is 9.80 Å². The summed E-state index contributed by atoms with van der Waals surface area (Å²) in [6, 6.07) is 88.8. The van der Waals surface area contributed by atoms with Gasteiger partial charge in [0.1, 0.15) is 0 Å². The molecule has 1 spiro atoms. The molecule has 0 saturated carbocycles. The zero-order valence-electron chi connectivity index (χ0n) is 37.6. The van der Waals surface area contributed by atoms with Crippen molar-refractivity contribution in [3.05, 3.63) is 283 Å². The Kier molecular flexibility index (Phi) is 9.88. The van der Waals surface area contributed by atoms with Crippen molar-refractivity contribution >= 4 is 50.5 Å². The Morgan fingerprint density at radius 2 is 0.791 bits per heavy atom. The van der Waals surface area contributed by atoms with Crippen LogP contribution in [-0.4, -0.2) is 0 Å². The maximum atomic E-state index is 2.47. The SMILES string of the molecule is C/C=C1\C(=C/C)C2(c3ccccc31)c1ccccc1-c1ccc(N(c3ccc(-c4ccccc4)cc3)c3ccc(-c4ccc(N(c5ccccc5)c5cccc6ccccc56)cc4)cc3)cc12. The van der Waals surface area contributed by atoms with Crippen LogP contribution in [0.2, 0.25) is 0 Å². The molecule has 0 aliphatic heterocycles. The molecule has 10 aromatic rings. The minimum atomic E-state index is -0.433. The summed E-state index contributed by atoms with van der Waals surface area (Å²) in [6.07, 6.45) is 4.65. The predicted molar refractivity (Wildman–Crippen MR) is 283 cm³/mol. The zero-order valence-corrected chi connectivity index (χ0v) is 37.6. The number of fused-ring (bicyclic) bond motifs is 8. The van der Waals surface area contributed by atoms with Crippen LogP contribution in [0, 0.1) is 0 Å². The monoisotopic (exact) mass is 856 g/mol. The van der Waals surface area contributed by atoms with E-state index in [1.807, 2.05) is 0 Å². The molecular weight excluding hydrogens is 809 g/mol. The minimum absolute atomic E-state index is 0.433. The molecule has 0 amide bonds. The fraction of sp³-hybridized carbons (Fsp3) is 0.0462. The third kappa shape index (κ3) is 6.48.